The number of carbonyl (C=O) groups excluding carboxylic acids is 1. The quantitative estimate of drug-likeness (QED) is 0.631. The summed E-state index contributed by atoms with van der Waals surface area (Å²) in [4.78, 5) is 12.6. The zero-order valence-corrected chi connectivity index (χ0v) is 8.75. The minimum atomic E-state index is -0.630. The van der Waals surface area contributed by atoms with Gasteiger partial charge in [0.15, 0.2) is 0 Å². The van der Waals surface area contributed by atoms with Gasteiger partial charge in [-0.2, -0.15) is 0 Å². The Labute approximate surface area is 83.4 Å². The van der Waals surface area contributed by atoms with Gasteiger partial charge in [-0.25, -0.2) is 0 Å². The van der Waals surface area contributed by atoms with Crippen LogP contribution in [0.25, 0.3) is 0 Å². The van der Waals surface area contributed by atoms with Crippen molar-refractivity contribution >= 4 is 17.5 Å². The minimum Gasteiger partial charge on any atom is -0.389 e. The number of alkyl halides is 1. The Hall–Kier alpha value is -0.320. The number of nitrogens with zero attached hydrogens (tertiary/aromatic N) is 1. The van der Waals surface area contributed by atoms with Crippen molar-refractivity contribution in [1.82, 2.24) is 4.90 Å². The van der Waals surface area contributed by atoms with Crippen LogP contribution in [-0.2, 0) is 9.53 Å². The van der Waals surface area contributed by atoms with Gasteiger partial charge in [0.2, 0.25) is 5.91 Å². The summed E-state index contributed by atoms with van der Waals surface area (Å²) in [5.41, 5.74) is 0. The van der Waals surface area contributed by atoms with E-state index in [-0.39, 0.29) is 19.1 Å². The molecule has 13 heavy (non-hydrogen) atoms. The van der Waals surface area contributed by atoms with Crippen molar-refractivity contribution in [3.8, 4) is 0 Å². The smallest absolute Gasteiger partial charge is 0.223 e. The van der Waals surface area contributed by atoms with Crippen molar-refractivity contribution in [2.75, 3.05) is 33.2 Å². The van der Waals surface area contributed by atoms with Gasteiger partial charge < -0.3 is 14.7 Å². The first kappa shape index (κ1) is 12.7. The molecule has 1 atom stereocenters. The summed E-state index contributed by atoms with van der Waals surface area (Å²) < 4.78 is 4.73. The molecular weight excluding hydrogens is 194 g/mol. The van der Waals surface area contributed by atoms with Crippen LogP contribution in [0.2, 0.25) is 0 Å². The predicted octanol–water partition coefficient (Wildman–Crippen LogP) is 0.0810. The normalized spacial score (nSPS) is 12.6. The molecule has 0 aromatic heterocycles. The van der Waals surface area contributed by atoms with E-state index >= 15 is 0 Å². The zero-order valence-electron chi connectivity index (χ0n) is 7.99. The lowest BCUT2D eigenvalue weighted by Gasteiger charge is -2.19. The number of hydrogen-bond acceptors (Lipinski definition) is 3. The molecule has 1 unspecified atom stereocenters. The molecule has 0 bridgehead atoms. The van der Waals surface area contributed by atoms with E-state index in [1.165, 1.54) is 12.0 Å². The lowest BCUT2D eigenvalue weighted by atomic mass is 10.3. The van der Waals surface area contributed by atoms with Crippen molar-refractivity contribution in [2.45, 2.75) is 12.5 Å². The highest BCUT2D eigenvalue weighted by Crippen LogP contribution is 1.95. The SMILES string of the molecule is COCC(O)CN(C)C(=O)CCCl. The monoisotopic (exact) mass is 209 g/mol. The molecule has 0 heterocycles. The molecule has 0 aliphatic heterocycles. The Morgan fingerprint density at radius 1 is 1.69 bits per heavy atom. The summed E-state index contributed by atoms with van der Waals surface area (Å²) in [7, 11) is 3.14. The first-order valence-corrected chi connectivity index (χ1v) is 4.62. The van der Waals surface area contributed by atoms with E-state index in [4.69, 9.17) is 16.3 Å². The fourth-order valence-electron chi connectivity index (χ4n) is 0.935. The van der Waals surface area contributed by atoms with Gasteiger partial charge in [-0.15, -0.1) is 11.6 Å². The number of carbonyl (C=O) groups is 1. The van der Waals surface area contributed by atoms with Gasteiger partial charge in [-0.05, 0) is 0 Å². The summed E-state index contributed by atoms with van der Waals surface area (Å²) in [6, 6.07) is 0. The molecule has 0 spiro atoms. The molecule has 0 rings (SSSR count). The van der Waals surface area contributed by atoms with Crippen molar-refractivity contribution in [2.24, 2.45) is 0 Å². The van der Waals surface area contributed by atoms with Crippen molar-refractivity contribution in [3.05, 3.63) is 0 Å². The maximum atomic E-state index is 11.2. The highest BCUT2D eigenvalue weighted by molar-refractivity contribution is 6.18. The van der Waals surface area contributed by atoms with Gasteiger partial charge in [-0.1, -0.05) is 0 Å². The number of amides is 1. The highest BCUT2D eigenvalue weighted by Gasteiger charge is 2.12. The van der Waals surface area contributed by atoms with Crippen LogP contribution >= 0.6 is 11.6 Å². The van der Waals surface area contributed by atoms with E-state index in [2.05, 4.69) is 0 Å². The van der Waals surface area contributed by atoms with Crippen LogP contribution in [0.15, 0.2) is 0 Å². The number of methoxy groups -OCH3 is 1. The fraction of sp³-hybridized carbons (Fsp3) is 0.875. The van der Waals surface area contributed by atoms with E-state index in [1.54, 1.807) is 7.05 Å². The molecule has 0 aliphatic carbocycles. The van der Waals surface area contributed by atoms with E-state index < -0.39 is 6.10 Å². The summed E-state index contributed by atoms with van der Waals surface area (Å²) >= 11 is 5.40. The second-order valence-electron chi connectivity index (χ2n) is 2.82. The number of rotatable bonds is 6. The molecule has 0 saturated heterocycles. The molecule has 1 amide bonds. The number of ether oxygens (including phenoxy) is 1. The molecule has 0 saturated carbocycles. The average molecular weight is 210 g/mol. The van der Waals surface area contributed by atoms with Crippen LogP contribution in [0.3, 0.4) is 0 Å². The summed E-state index contributed by atoms with van der Waals surface area (Å²) in [6.07, 6.45) is -0.327. The van der Waals surface area contributed by atoms with E-state index in [9.17, 15) is 9.90 Å². The second kappa shape index (κ2) is 7.12. The first-order chi connectivity index (χ1) is 6.11. The van der Waals surface area contributed by atoms with Crippen LogP contribution in [0.5, 0.6) is 0 Å². The van der Waals surface area contributed by atoms with Crippen LogP contribution in [0.4, 0.5) is 0 Å². The maximum absolute atomic E-state index is 11.2. The molecule has 0 aliphatic rings. The highest BCUT2D eigenvalue weighted by atomic mass is 35.5. The van der Waals surface area contributed by atoms with Crippen molar-refractivity contribution in [3.63, 3.8) is 0 Å². The van der Waals surface area contributed by atoms with Crippen LogP contribution in [-0.4, -0.2) is 55.2 Å². The van der Waals surface area contributed by atoms with Crippen LogP contribution in [0.1, 0.15) is 6.42 Å². The Morgan fingerprint density at radius 3 is 2.77 bits per heavy atom. The molecule has 1 N–H and O–H groups in total. The third-order valence-corrected chi connectivity index (χ3v) is 1.77. The lowest BCUT2D eigenvalue weighted by molar-refractivity contribution is -0.131. The second-order valence-corrected chi connectivity index (χ2v) is 3.20. The van der Waals surface area contributed by atoms with E-state index in [0.717, 1.165) is 0 Å². The van der Waals surface area contributed by atoms with Crippen molar-refractivity contribution < 1.29 is 14.6 Å². The molecule has 4 nitrogen and oxygen atoms in total. The number of aliphatic hydroxyl groups excluding tert-OH is 1. The lowest BCUT2D eigenvalue weighted by Crippen LogP contribution is -2.36. The molecule has 78 valence electrons. The van der Waals surface area contributed by atoms with Crippen LogP contribution < -0.4 is 0 Å². The predicted molar refractivity (Wildman–Crippen MR) is 50.9 cm³/mol. The molecular formula is C8H16ClNO3. The maximum Gasteiger partial charge on any atom is 0.223 e. The van der Waals surface area contributed by atoms with E-state index in [0.29, 0.717) is 12.3 Å². The summed E-state index contributed by atoms with van der Waals surface area (Å²) in [5, 5.41) is 9.28. The van der Waals surface area contributed by atoms with Gasteiger partial charge in [0.25, 0.3) is 0 Å². The van der Waals surface area contributed by atoms with Gasteiger partial charge in [0.05, 0.1) is 12.7 Å². The topological polar surface area (TPSA) is 49.8 Å². The number of halogens is 1. The molecule has 0 fully saturated rings. The largest absolute Gasteiger partial charge is 0.389 e. The molecule has 0 radical (unpaired) electrons. The van der Waals surface area contributed by atoms with Gasteiger partial charge in [0.1, 0.15) is 0 Å². The number of likely N-dealkylation sites (N-methyl/N-ethyl adjacent to an activating group) is 1. The van der Waals surface area contributed by atoms with Crippen molar-refractivity contribution in [1.29, 1.82) is 0 Å². The first-order valence-electron chi connectivity index (χ1n) is 4.08. The van der Waals surface area contributed by atoms with Gasteiger partial charge >= 0.3 is 0 Å². The Balaban J connectivity index is 3.71. The van der Waals surface area contributed by atoms with Crippen LogP contribution in [0, 0.1) is 0 Å². The molecule has 0 aromatic rings. The number of aliphatic hydroxyl groups is 1. The standard InChI is InChI=1S/C8H16ClNO3/c1-10(8(12)3-4-9)5-7(11)6-13-2/h7,11H,3-6H2,1-2H3. The Bertz CT molecular complexity index is 154. The summed E-state index contributed by atoms with van der Waals surface area (Å²) in [5.74, 6) is 0.244. The third-order valence-electron chi connectivity index (χ3n) is 1.58. The molecule has 0 aromatic carbocycles. The fourth-order valence-corrected chi connectivity index (χ4v) is 1.10. The molecule has 5 heteroatoms. The third kappa shape index (κ3) is 5.85. The Morgan fingerprint density at radius 2 is 2.31 bits per heavy atom. The Kier molecular flexibility index (Phi) is 6.94. The average Bonchev–Trinajstić information content (AvgIpc) is 2.05. The number of hydrogen-bond donors (Lipinski definition) is 1. The van der Waals surface area contributed by atoms with E-state index in [1.807, 2.05) is 0 Å². The van der Waals surface area contributed by atoms with Gasteiger partial charge in [0, 0.05) is 33.0 Å². The zero-order chi connectivity index (χ0) is 10.3. The van der Waals surface area contributed by atoms with Gasteiger partial charge in [-0.3, -0.25) is 4.79 Å². The minimum absolute atomic E-state index is 0.0647. The summed E-state index contributed by atoms with van der Waals surface area (Å²) in [6.45, 7) is 0.516.